The minimum Gasteiger partial charge on any atom is -0.324 e. The lowest BCUT2D eigenvalue weighted by atomic mass is 10.1. The smallest absolute Gasteiger partial charge is 0.251 e. The molecular formula is C18H22ClN3O2S2. The number of aryl methyl sites for hydroxylation is 2. The highest BCUT2D eigenvalue weighted by Gasteiger charge is 2.11. The minimum atomic E-state index is -0.209. The maximum atomic E-state index is 12.2. The van der Waals surface area contributed by atoms with Gasteiger partial charge in [-0.2, -0.15) is 11.8 Å². The molecule has 1 amide bonds. The Kier molecular flexibility index (Phi) is 7.61. The van der Waals surface area contributed by atoms with E-state index in [-0.39, 0.29) is 17.2 Å². The third kappa shape index (κ3) is 6.37. The summed E-state index contributed by atoms with van der Waals surface area (Å²) in [5.41, 5.74) is 3.07. The first kappa shape index (κ1) is 20.9. The fraction of sp³-hybridized carbons (Fsp3) is 0.389. The number of carbonyl (C=O) groups excluding carboxylic acids is 1. The van der Waals surface area contributed by atoms with E-state index < -0.39 is 0 Å². The van der Waals surface area contributed by atoms with Gasteiger partial charge in [-0.1, -0.05) is 43.3 Å². The van der Waals surface area contributed by atoms with Gasteiger partial charge in [0.2, 0.25) is 5.91 Å². The highest BCUT2D eigenvalue weighted by Crippen LogP contribution is 2.27. The van der Waals surface area contributed by atoms with Crippen molar-refractivity contribution >= 4 is 46.7 Å². The number of rotatable bonds is 7. The molecule has 0 unspecified atom stereocenters. The first-order valence-electron chi connectivity index (χ1n) is 8.16. The summed E-state index contributed by atoms with van der Waals surface area (Å²) in [4.78, 5) is 31.1. The van der Waals surface area contributed by atoms with Crippen LogP contribution in [-0.2, 0) is 10.5 Å². The van der Waals surface area contributed by atoms with Crippen molar-refractivity contribution < 1.29 is 4.79 Å². The topological polar surface area (TPSA) is 74.8 Å². The number of hydrogen-bond acceptors (Lipinski definition) is 5. The van der Waals surface area contributed by atoms with E-state index in [1.807, 2.05) is 26.0 Å². The molecule has 0 saturated heterocycles. The summed E-state index contributed by atoms with van der Waals surface area (Å²) >= 11 is 9.12. The van der Waals surface area contributed by atoms with Crippen LogP contribution in [0, 0.1) is 13.8 Å². The number of halogens is 1. The van der Waals surface area contributed by atoms with Crippen molar-refractivity contribution in [2.24, 2.45) is 0 Å². The normalized spacial score (nSPS) is 11.0. The molecule has 0 bridgehead atoms. The van der Waals surface area contributed by atoms with Gasteiger partial charge in [0.15, 0.2) is 5.16 Å². The lowest BCUT2D eigenvalue weighted by Crippen LogP contribution is -2.16. The van der Waals surface area contributed by atoms with Crippen molar-refractivity contribution in [3.8, 4) is 0 Å². The summed E-state index contributed by atoms with van der Waals surface area (Å²) < 4.78 is 0. The highest BCUT2D eigenvalue weighted by molar-refractivity contribution is 7.99. The number of benzene rings is 1. The van der Waals surface area contributed by atoms with Gasteiger partial charge in [0.1, 0.15) is 0 Å². The van der Waals surface area contributed by atoms with E-state index in [9.17, 15) is 9.59 Å². The van der Waals surface area contributed by atoms with E-state index in [0.29, 0.717) is 32.6 Å². The van der Waals surface area contributed by atoms with Crippen LogP contribution in [0.4, 0.5) is 5.69 Å². The fourth-order valence-electron chi connectivity index (χ4n) is 2.26. The Morgan fingerprint density at radius 1 is 1.31 bits per heavy atom. The van der Waals surface area contributed by atoms with Crippen molar-refractivity contribution in [3.63, 3.8) is 0 Å². The van der Waals surface area contributed by atoms with E-state index in [0.717, 1.165) is 11.1 Å². The zero-order valence-electron chi connectivity index (χ0n) is 15.2. The van der Waals surface area contributed by atoms with Crippen LogP contribution in [0.25, 0.3) is 0 Å². The van der Waals surface area contributed by atoms with Gasteiger partial charge in [0.05, 0.1) is 22.2 Å². The van der Waals surface area contributed by atoms with Crippen molar-refractivity contribution in [2.75, 3.05) is 11.1 Å². The van der Waals surface area contributed by atoms with Crippen LogP contribution in [-0.4, -0.2) is 26.9 Å². The van der Waals surface area contributed by atoms with Gasteiger partial charge in [-0.15, -0.1) is 0 Å². The van der Waals surface area contributed by atoms with Crippen LogP contribution in [0.2, 0.25) is 5.02 Å². The Morgan fingerprint density at radius 3 is 2.69 bits per heavy atom. The van der Waals surface area contributed by atoms with E-state index in [2.05, 4.69) is 29.1 Å². The molecule has 0 aliphatic heterocycles. The van der Waals surface area contributed by atoms with Crippen LogP contribution < -0.4 is 10.9 Å². The molecule has 0 spiro atoms. The molecule has 0 radical (unpaired) electrons. The summed E-state index contributed by atoms with van der Waals surface area (Å²) in [7, 11) is 0. The molecule has 2 rings (SSSR count). The van der Waals surface area contributed by atoms with Gasteiger partial charge < -0.3 is 10.3 Å². The SMILES string of the molecule is Cc1cc(C)c(NC(=O)CSc2nc(CSC(C)C)cc(=O)[nH]2)c(Cl)c1. The second-order valence-corrected chi connectivity index (χ2v) is 9.11. The van der Waals surface area contributed by atoms with Crippen molar-refractivity contribution in [3.05, 3.63) is 50.4 Å². The van der Waals surface area contributed by atoms with Crippen LogP contribution >= 0.6 is 35.1 Å². The number of nitrogens with zero attached hydrogens (tertiary/aromatic N) is 1. The summed E-state index contributed by atoms with van der Waals surface area (Å²) in [6.45, 7) is 8.04. The lowest BCUT2D eigenvalue weighted by Gasteiger charge is -2.11. The number of aromatic nitrogens is 2. The van der Waals surface area contributed by atoms with Crippen LogP contribution in [0.1, 0.15) is 30.7 Å². The number of thioether (sulfide) groups is 2. The van der Waals surface area contributed by atoms with Gasteiger partial charge in [-0.3, -0.25) is 9.59 Å². The summed E-state index contributed by atoms with van der Waals surface area (Å²) in [5, 5.41) is 4.25. The molecule has 1 heterocycles. The molecule has 0 aliphatic rings. The first-order valence-corrected chi connectivity index (χ1v) is 10.6. The standard InChI is InChI=1S/C18H22ClN3O2S2/c1-10(2)25-8-13-7-15(23)22-18(20-13)26-9-16(24)21-17-12(4)5-11(3)6-14(17)19/h5-7,10H,8-9H2,1-4H3,(H,21,24)(H,20,22,23). The van der Waals surface area contributed by atoms with Crippen LogP contribution in [0.3, 0.4) is 0 Å². The molecule has 2 N–H and O–H groups in total. The third-order valence-electron chi connectivity index (χ3n) is 3.37. The second kappa shape index (κ2) is 9.48. The molecule has 2 aromatic rings. The Morgan fingerprint density at radius 2 is 2.04 bits per heavy atom. The summed E-state index contributed by atoms with van der Waals surface area (Å²) in [6, 6.07) is 5.27. The number of anilines is 1. The van der Waals surface area contributed by atoms with Gasteiger partial charge in [0, 0.05) is 11.8 Å². The Hall–Kier alpha value is -1.44. The average Bonchev–Trinajstić information content (AvgIpc) is 2.54. The molecular weight excluding hydrogens is 390 g/mol. The first-order chi connectivity index (χ1) is 12.2. The van der Waals surface area contributed by atoms with Crippen molar-refractivity contribution in [1.82, 2.24) is 9.97 Å². The van der Waals surface area contributed by atoms with E-state index in [1.165, 1.54) is 17.8 Å². The number of aromatic amines is 1. The Bertz CT molecular complexity index is 830. The van der Waals surface area contributed by atoms with E-state index in [4.69, 9.17) is 11.6 Å². The minimum absolute atomic E-state index is 0.132. The molecule has 140 valence electrons. The quantitative estimate of drug-likeness (QED) is 0.521. The number of hydrogen-bond donors (Lipinski definition) is 2. The molecule has 0 atom stereocenters. The number of amides is 1. The molecule has 1 aromatic heterocycles. The van der Waals surface area contributed by atoms with Gasteiger partial charge in [-0.25, -0.2) is 4.98 Å². The lowest BCUT2D eigenvalue weighted by molar-refractivity contribution is -0.113. The zero-order chi connectivity index (χ0) is 19.3. The Balaban J connectivity index is 2.00. The number of nitrogens with one attached hydrogen (secondary N) is 2. The average molecular weight is 412 g/mol. The molecule has 0 aliphatic carbocycles. The molecule has 8 heteroatoms. The highest BCUT2D eigenvalue weighted by atomic mass is 35.5. The second-order valence-electron chi connectivity index (χ2n) is 6.18. The van der Waals surface area contributed by atoms with E-state index in [1.54, 1.807) is 11.8 Å². The van der Waals surface area contributed by atoms with Gasteiger partial charge >= 0.3 is 0 Å². The molecule has 5 nitrogen and oxygen atoms in total. The third-order valence-corrected chi connectivity index (χ3v) is 5.67. The van der Waals surface area contributed by atoms with Crippen molar-refractivity contribution in [1.29, 1.82) is 0 Å². The predicted octanol–water partition coefficient (Wildman–Crippen LogP) is 4.41. The molecule has 26 heavy (non-hydrogen) atoms. The maximum absolute atomic E-state index is 12.2. The van der Waals surface area contributed by atoms with Crippen LogP contribution in [0.5, 0.6) is 0 Å². The van der Waals surface area contributed by atoms with E-state index >= 15 is 0 Å². The number of H-pyrrole nitrogens is 1. The largest absolute Gasteiger partial charge is 0.324 e. The summed E-state index contributed by atoms with van der Waals surface area (Å²) in [5.74, 6) is 0.598. The van der Waals surface area contributed by atoms with Crippen molar-refractivity contribution in [2.45, 2.75) is 43.9 Å². The molecule has 1 aromatic carbocycles. The van der Waals surface area contributed by atoms with Crippen LogP contribution in [0.15, 0.2) is 28.2 Å². The predicted molar refractivity (Wildman–Crippen MR) is 112 cm³/mol. The molecule has 0 fully saturated rings. The zero-order valence-corrected chi connectivity index (χ0v) is 17.6. The fourth-order valence-corrected chi connectivity index (χ4v) is 3.98. The monoisotopic (exact) mass is 411 g/mol. The number of carbonyl (C=O) groups is 1. The maximum Gasteiger partial charge on any atom is 0.251 e. The molecule has 0 saturated carbocycles. The summed E-state index contributed by atoms with van der Waals surface area (Å²) in [6.07, 6.45) is 0. The van der Waals surface area contributed by atoms with Gasteiger partial charge in [0.25, 0.3) is 5.56 Å². The van der Waals surface area contributed by atoms with Gasteiger partial charge in [-0.05, 0) is 36.3 Å². The Labute approximate surface area is 166 Å².